The molecular weight excluding hydrogens is 126 g/mol. The van der Waals surface area contributed by atoms with Gasteiger partial charge in [0.05, 0.1) is 0 Å². The van der Waals surface area contributed by atoms with Gasteiger partial charge in [0, 0.05) is 0 Å². The summed E-state index contributed by atoms with van der Waals surface area (Å²) in [5, 5.41) is 15.8. The summed E-state index contributed by atoms with van der Waals surface area (Å²) in [5.41, 5.74) is 0. The zero-order valence-corrected chi connectivity index (χ0v) is 4.32. The zero-order chi connectivity index (χ0) is 5.15. The molecule has 0 aliphatic rings. The first kappa shape index (κ1) is 6.56. The minimum atomic E-state index is -1.62. The van der Waals surface area contributed by atoms with E-state index >= 15 is 0 Å². The molecule has 0 rings (SSSR count). The molecule has 0 saturated heterocycles. The van der Waals surface area contributed by atoms with Gasteiger partial charge >= 0.3 is 7.12 Å². The van der Waals surface area contributed by atoms with Crippen LogP contribution in [0.15, 0.2) is 0 Å². The third kappa shape index (κ3) is 2.78. The predicted octanol–water partition coefficient (Wildman–Crippen LogP) is -0.198. The van der Waals surface area contributed by atoms with E-state index in [9.17, 15) is 0 Å². The van der Waals surface area contributed by atoms with Crippen molar-refractivity contribution in [2.45, 2.75) is 4.74 Å². The Balaban J connectivity index is 2.99. The first-order valence-corrected chi connectivity index (χ1v) is 2.16. The van der Waals surface area contributed by atoms with Crippen molar-refractivity contribution in [2.24, 2.45) is 0 Å². The fraction of sp³-hybridized carbons (Fsp3) is 1.00. The summed E-state index contributed by atoms with van der Waals surface area (Å²) in [6, 6.07) is 0. The van der Waals surface area contributed by atoms with Crippen molar-refractivity contribution < 1.29 is 10.0 Å². The maximum atomic E-state index is 7.92. The van der Waals surface area contributed by atoms with E-state index in [1.54, 1.807) is 0 Å². The zero-order valence-electron chi connectivity index (χ0n) is 2.81. The molecule has 5 heteroatoms. The molecule has 0 atom stereocenters. The van der Waals surface area contributed by atoms with Gasteiger partial charge in [-0.3, -0.25) is 0 Å². The molecular formula is CH3BCl2O2. The molecule has 0 aromatic heterocycles. The van der Waals surface area contributed by atoms with Crippen LogP contribution in [0.3, 0.4) is 0 Å². The maximum absolute atomic E-state index is 7.92. The van der Waals surface area contributed by atoms with E-state index < -0.39 is 11.9 Å². The van der Waals surface area contributed by atoms with E-state index in [0.29, 0.717) is 0 Å². The minimum Gasteiger partial charge on any atom is -0.425 e. The van der Waals surface area contributed by atoms with Gasteiger partial charge < -0.3 is 10.0 Å². The summed E-state index contributed by atoms with van der Waals surface area (Å²) < 4.78 is -1.09. The van der Waals surface area contributed by atoms with Crippen molar-refractivity contribution in [3.63, 3.8) is 0 Å². The Bertz CT molecular complexity index is 32.5. The summed E-state index contributed by atoms with van der Waals surface area (Å²) in [5.74, 6) is 0. The summed E-state index contributed by atoms with van der Waals surface area (Å²) in [4.78, 5) is 0. The second kappa shape index (κ2) is 2.69. The maximum Gasteiger partial charge on any atom is 0.486 e. The lowest BCUT2D eigenvalue weighted by molar-refractivity contribution is 0.411. The van der Waals surface area contributed by atoms with E-state index in [2.05, 4.69) is 0 Å². The lowest BCUT2D eigenvalue weighted by Crippen LogP contribution is -2.20. The summed E-state index contributed by atoms with van der Waals surface area (Å²) in [7, 11) is -1.62. The van der Waals surface area contributed by atoms with Gasteiger partial charge in [-0.2, -0.15) is 0 Å². The number of alkyl halides is 2. The number of rotatable bonds is 1. The van der Waals surface area contributed by atoms with Crippen LogP contribution in [0.5, 0.6) is 0 Å². The Labute approximate surface area is 45.8 Å². The predicted molar refractivity (Wildman–Crippen MR) is 25.7 cm³/mol. The van der Waals surface area contributed by atoms with Crippen LogP contribution >= 0.6 is 23.2 Å². The van der Waals surface area contributed by atoms with Gasteiger partial charge in [-0.15, -0.1) is 23.2 Å². The Kier molecular flexibility index (Phi) is 2.94. The normalized spacial score (nSPS) is 9.50. The van der Waals surface area contributed by atoms with Gasteiger partial charge in [0.1, 0.15) is 4.74 Å². The standard InChI is InChI=1S/CH3BCl2O2/c3-1(4)2(5)6/h1,5-6H. The van der Waals surface area contributed by atoms with Crippen LogP contribution in [0.2, 0.25) is 0 Å². The van der Waals surface area contributed by atoms with Crippen LogP contribution in [-0.4, -0.2) is 21.9 Å². The largest absolute Gasteiger partial charge is 0.486 e. The molecule has 0 aliphatic carbocycles. The van der Waals surface area contributed by atoms with E-state index in [1.165, 1.54) is 0 Å². The van der Waals surface area contributed by atoms with Crippen molar-refractivity contribution in [2.75, 3.05) is 0 Å². The molecule has 0 aliphatic heterocycles. The summed E-state index contributed by atoms with van der Waals surface area (Å²) >= 11 is 9.76. The van der Waals surface area contributed by atoms with Crippen molar-refractivity contribution >= 4 is 30.3 Å². The van der Waals surface area contributed by atoms with Crippen LogP contribution in [0.25, 0.3) is 0 Å². The second-order valence-electron chi connectivity index (χ2n) is 0.748. The van der Waals surface area contributed by atoms with Crippen molar-refractivity contribution in [3.05, 3.63) is 0 Å². The Morgan fingerprint density at radius 1 is 1.33 bits per heavy atom. The molecule has 0 bridgehead atoms. The van der Waals surface area contributed by atoms with E-state index in [4.69, 9.17) is 33.2 Å². The van der Waals surface area contributed by atoms with Crippen LogP contribution < -0.4 is 0 Å². The topological polar surface area (TPSA) is 40.5 Å². The first-order chi connectivity index (χ1) is 2.64. The molecule has 6 heavy (non-hydrogen) atoms. The third-order valence-electron chi connectivity index (χ3n) is 0.225. The van der Waals surface area contributed by atoms with Crippen LogP contribution in [0.4, 0.5) is 0 Å². The smallest absolute Gasteiger partial charge is 0.425 e. The average molecular weight is 129 g/mol. The van der Waals surface area contributed by atoms with Crippen LogP contribution in [0.1, 0.15) is 0 Å². The molecule has 2 nitrogen and oxygen atoms in total. The molecule has 0 saturated carbocycles. The Morgan fingerprint density at radius 3 is 1.50 bits per heavy atom. The van der Waals surface area contributed by atoms with Gasteiger partial charge in [0.2, 0.25) is 0 Å². The average Bonchev–Trinajstić information content (AvgIpc) is 1.36. The molecule has 36 valence electrons. The lowest BCUT2D eigenvalue weighted by atomic mass is 9.97. The monoisotopic (exact) mass is 128 g/mol. The fourth-order valence-corrected chi connectivity index (χ4v) is 0. The van der Waals surface area contributed by atoms with Crippen molar-refractivity contribution in [1.29, 1.82) is 0 Å². The van der Waals surface area contributed by atoms with Gasteiger partial charge in [-0.25, -0.2) is 0 Å². The Morgan fingerprint density at radius 2 is 1.50 bits per heavy atom. The Hall–Kier alpha value is 0.565. The van der Waals surface area contributed by atoms with Gasteiger partial charge in [-0.1, -0.05) is 0 Å². The van der Waals surface area contributed by atoms with Crippen LogP contribution in [-0.2, 0) is 0 Å². The highest BCUT2D eigenvalue weighted by Crippen LogP contribution is 2.00. The molecule has 0 heterocycles. The first-order valence-electron chi connectivity index (χ1n) is 1.29. The number of hydrogen-bond acceptors (Lipinski definition) is 2. The number of halogens is 2. The van der Waals surface area contributed by atoms with Crippen molar-refractivity contribution in [1.82, 2.24) is 0 Å². The fourth-order valence-electron chi connectivity index (χ4n) is 0. The number of hydrogen-bond donors (Lipinski definition) is 2. The molecule has 2 N–H and O–H groups in total. The van der Waals surface area contributed by atoms with Crippen LogP contribution in [0, 0.1) is 0 Å². The molecule has 0 spiro atoms. The van der Waals surface area contributed by atoms with Gasteiger partial charge in [0.15, 0.2) is 0 Å². The highest BCUT2D eigenvalue weighted by molar-refractivity contribution is 6.71. The third-order valence-corrected chi connectivity index (χ3v) is 0.676. The highest BCUT2D eigenvalue weighted by Gasteiger charge is 2.15. The molecule has 0 radical (unpaired) electrons. The SMILES string of the molecule is OB(O)C(Cl)Cl. The van der Waals surface area contributed by atoms with E-state index in [-0.39, 0.29) is 0 Å². The quantitative estimate of drug-likeness (QED) is 0.380. The van der Waals surface area contributed by atoms with Gasteiger partial charge in [-0.05, 0) is 0 Å². The van der Waals surface area contributed by atoms with E-state index in [0.717, 1.165) is 0 Å². The minimum absolute atomic E-state index is 1.09. The summed E-state index contributed by atoms with van der Waals surface area (Å²) in [6.45, 7) is 0. The lowest BCUT2D eigenvalue weighted by Gasteiger charge is -1.91. The van der Waals surface area contributed by atoms with E-state index in [1.807, 2.05) is 0 Å². The van der Waals surface area contributed by atoms with Gasteiger partial charge in [0.25, 0.3) is 0 Å². The summed E-state index contributed by atoms with van der Waals surface area (Å²) in [6.07, 6.45) is 0. The molecule has 0 amide bonds. The highest BCUT2D eigenvalue weighted by atomic mass is 35.5. The molecule has 0 aromatic rings. The molecule has 0 aromatic carbocycles. The second-order valence-corrected chi connectivity index (χ2v) is 1.91. The molecule has 0 unspecified atom stereocenters. The molecule has 0 fully saturated rings. The van der Waals surface area contributed by atoms with Crippen molar-refractivity contribution in [3.8, 4) is 0 Å².